The molecule has 88 valence electrons. The Labute approximate surface area is 93.8 Å². The van der Waals surface area contributed by atoms with Crippen LogP contribution in [0.5, 0.6) is 0 Å². The van der Waals surface area contributed by atoms with E-state index in [2.05, 4.69) is 4.98 Å². The summed E-state index contributed by atoms with van der Waals surface area (Å²) >= 11 is 0. The molecule has 1 N–H and O–H groups in total. The van der Waals surface area contributed by atoms with Crippen molar-refractivity contribution in [3.05, 3.63) is 27.9 Å². The molecule has 0 unspecified atom stereocenters. The van der Waals surface area contributed by atoms with E-state index in [9.17, 15) is 9.59 Å². The molecular weight excluding hydrogens is 208 g/mol. The van der Waals surface area contributed by atoms with E-state index in [-0.39, 0.29) is 5.56 Å². The second-order valence-corrected chi connectivity index (χ2v) is 4.63. The van der Waals surface area contributed by atoms with Gasteiger partial charge in [-0.15, -0.1) is 0 Å². The molecule has 1 heterocycles. The van der Waals surface area contributed by atoms with Crippen LogP contribution in [0.15, 0.2) is 11.0 Å². The number of hydrogen-bond donors (Lipinski definition) is 1. The fourth-order valence-corrected chi connectivity index (χ4v) is 1.45. The number of carboxylic acids is 1. The van der Waals surface area contributed by atoms with Gasteiger partial charge in [-0.1, -0.05) is 20.8 Å². The van der Waals surface area contributed by atoms with Crippen LogP contribution in [0.25, 0.3) is 0 Å². The molecule has 0 fully saturated rings. The molecule has 0 saturated carbocycles. The van der Waals surface area contributed by atoms with Crippen LogP contribution < -0.4 is 5.69 Å². The summed E-state index contributed by atoms with van der Waals surface area (Å²) in [6, 6.07) is 0. The highest BCUT2D eigenvalue weighted by Gasteiger charge is 2.24. The van der Waals surface area contributed by atoms with Crippen molar-refractivity contribution in [3.8, 4) is 0 Å². The van der Waals surface area contributed by atoms with Gasteiger partial charge in [0.2, 0.25) is 0 Å². The fraction of sp³-hybridized carbons (Fsp3) is 0.545. The maximum Gasteiger partial charge on any atom is 0.347 e. The molecule has 0 aromatic carbocycles. The van der Waals surface area contributed by atoms with Crippen LogP contribution in [0, 0.1) is 0 Å². The minimum Gasteiger partial charge on any atom is -0.478 e. The number of hydrogen-bond acceptors (Lipinski definition) is 3. The maximum atomic E-state index is 11.6. The normalized spacial score (nSPS) is 11.5. The van der Waals surface area contributed by atoms with Crippen molar-refractivity contribution in [3.63, 3.8) is 0 Å². The highest BCUT2D eigenvalue weighted by molar-refractivity contribution is 5.88. The summed E-state index contributed by atoms with van der Waals surface area (Å²) in [4.78, 5) is 26.5. The summed E-state index contributed by atoms with van der Waals surface area (Å²) < 4.78 is 1.29. The van der Waals surface area contributed by atoms with Gasteiger partial charge in [-0.05, 0) is 6.92 Å². The average Bonchev–Trinajstić information content (AvgIpc) is 2.15. The van der Waals surface area contributed by atoms with E-state index >= 15 is 0 Å². The highest BCUT2D eigenvalue weighted by atomic mass is 16.4. The van der Waals surface area contributed by atoms with Gasteiger partial charge in [0.1, 0.15) is 0 Å². The Bertz CT molecular complexity index is 469. The third kappa shape index (κ3) is 2.29. The van der Waals surface area contributed by atoms with Gasteiger partial charge in [-0.25, -0.2) is 9.59 Å². The van der Waals surface area contributed by atoms with Crippen molar-refractivity contribution in [2.24, 2.45) is 0 Å². The lowest BCUT2D eigenvalue weighted by molar-refractivity contribution is 0.0692. The summed E-state index contributed by atoms with van der Waals surface area (Å²) in [5, 5.41) is 9.08. The molecule has 0 spiro atoms. The third-order valence-corrected chi connectivity index (χ3v) is 2.27. The van der Waals surface area contributed by atoms with Crippen LogP contribution in [0.4, 0.5) is 0 Å². The Morgan fingerprint density at radius 3 is 2.44 bits per heavy atom. The summed E-state index contributed by atoms with van der Waals surface area (Å²) in [5.41, 5.74) is -0.444. The first-order chi connectivity index (χ1) is 7.27. The Morgan fingerprint density at radius 2 is 2.06 bits per heavy atom. The first-order valence-electron chi connectivity index (χ1n) is 5.12. The molecule has 0 aliphatic heterocycles. The van der Waals surface area contributed by atoms with Gasteiger partial charge in [0.25, 0.3) is 0 Å². The molecule has 16 heavy (non-hydrogen) atoms. The summed E-state index contributed by atoms with van der Waals surface area (Å²) in [7, 11) is 0. The number of carbonyl (C=O) groups is 1. The van der Waals surface area contributed by atoms with E-state index in [0.29, 0.717) is 12.2 Å². The standard InChI is InChI=1S/C11H16N2O3/c1-5-13-6-7(9(14)15)8(11(2,3)4)12-10(13)16/h6H,5H2,1-4H3,(H,14,15). The highest BCUT2D eigenvalue weighted by Crippen LogP contribution is 2.22. The lowest BCUT2D eigenvalue weighted by Gasteiger charge is -2.20. The number of nitrogens with zero attached hydrogens (tertiary/aromatic N) is 2. The van der Waals surface area contributed by atoms with Crippen molar-refractivity contribution >= 4 is 5.97 Å². The van der Waals surface area contributed by atoms with E-state index in [1.165, 1.54) is 10.8 Å². The number of aromatic nitrogens is 2. The topological polar surface area (TPSA) is 72.2 Å². The van der Waals surface area contributed by atoms with Gasteiger partial charge in [0.05, 0.1) is 11.3 Å². The predicted octanol–water partition coefficient (Wildman–Crippen LogP) is 1.26. The molecule has 0 aliphatic carbocycles. The third-order valence-electron chi connectivity index (χ3n) is 2.27. The zero-order valence-electron chi connectivity index (χ0n) is 9.94. The van der Waals surface area contributed by atoms with E-state index in [4.69, 9.17) is 5.11 Å². The van der Waals surface area contributed by atoms with Crippen LogP contribution in [0.1, 0.15) is 43.7 Å². The predicted molar refractivity (Wildman–Crippen MR) is 59.8 cm³/mol. The fourth-order valence-electron chi connectivity index (χ4n) is 1.45. The van der Waals surface area contributed by atoms with Gasteiger partial charge >= 0.3 is 11.7 Å². The van der Waals surface area contributed by atoms with Gasteiger partial charge in [-0.3, -0.25) is 4.57 Å². The summed E-state index contributed by atoms with van der Waals surface area (Å²) in [6.45, 7) is 7.68. The molecule has 0 aliphatic rings. The van der Waals surface area contributed by atoms with Crippen LogP contribution in [0.2, 0.25) is 0 Å². The van der Waals surface area contributed by atoms with E-state index < -0.39 is 17.1 Å². The lowest BCUT2D eigenvalue weighted by atomic mass is 9.89. The van der Waals surface area contributed by atoms with Crippen molar-refractivity contribution in [1.82, 2.24) is 9.55 Å². The molecule has 1 rings (SSSR count). The number of carboxylic acid groups (broad SMARTS) is 1. The van der Waals surface area contributed by atoms with Crippen LogP contribution in [-0.2, 0) is 12.0 Å². The molecular formula is C11H16N2O3. The molecule has 1 aromatic heterocycles. The Morgan fingerprint density at radius 1 is 1.50 bits per heavy atom. The summed E-state index contributed by atoms with van der Waals surface area (Å²) in [6.07, 6.45) is 1.36. The van der Waals surface area contributed by atoms with Gasteiger partial charge in [-0.2, -0.15) is 4.98 Å². The van der Waals surface area contributed by atoms with E-state index in [1.54, 1.807) is 6.92 Å². The first kappa shape index (κ1) is 12.4. The van der Waals surface area contributed by atoms with E-state index in [1.807, 2.05) is 20.8 Å². The zero-order chi connectivity index (χ0) is 12.5. The lowest BCUT2D eigenvalue weighted by Crippen LogP contribution is -2.30. The monoisotopic (exact) mass is 224 g/mol. The average molecular weight is 224 g/mol. The molecule has 5 heteroatoms. The van der Waals surface area contributed by atoms with Gasteiger partial charge in [0.15, 0.2) is 0 Å². The quantitative estimate of drug-likeness (QED) is 0.820. The number of rotatable bonds is 2. The van der Waals surface area contributed by atoms with Crippen LogP contribution in [-0.4, -0.2) is 20.6 Å². The van der Waals surface area contributed by atoms with Crippen molar-refractivity contribution in [2.75, 3.05) is 0 Å². The molecule has 1 aromatic rings. The molecule has 0 bridgehead atoms. The first-order valence-corrected chi connectivity index (χ1v) is 5.12. The van der Waals surface area contributed by atoms with Crippen molar-refractivity contribution < 1.29 is 9.90 Å². The second-order valence-electron chi connectivity index (χ2n) is 4.63. The SMILES string of the molecule is CCn1cc(C(=O)O)c(C(C)(C)C)nc1=O. The van der Waals surface area contributed by atoms with Gasteiger partial charge < -0.3 is 5.11 Å². The summed E-state index contributed by atoms with van der Waals surface area (Å²) in [5.74, 6) is -1.06. The van der Waals surface area contributed by atoms with Crippen LogP contribution >= 0.6 is 0 Å². The minimum absolute atomic E-state index is 0.0916. The van der Waals surface area contributed by atoms with E-state index in [0.717, 1.165) is 0 Å². The second kappa shape index (κ2) is 4.08. The molecule has 5 nitrogen and oxygen atoms in total. The number of aromatic carboxylic acids is 1. The Balaban J connectivity index is 3.55. The maximum absolute atomic E-state index is 11.6. The molecule has 0 saturated heterocycles. The minimum atomic E-state index is -1.06. The Kier molecular flexibility index (Phi) is 3.16. The Hall–Kier alpha value is -1.65. The smallest absolute Gasteiger partial charge is 0.347 e. The van der Waals surface area contributed by atoms with Gasteiger partial charge in [0, 0.05) is 18.2 Å². The number of aryl methyl sites for hydroxylation is 1. The zero-order valence-corrected chi connectivity index (χ0v) is 9.94. The molecule has 0 radical (unpaired) electrons. The van der Waals surface area contributed by atoms with Crippen molar-refractivity contribution in [1.29, 1.82) is 0 Å². The van der Waals surface area contributed by atoms with Crippen LogP contribution in [0.3, 0.4) is 0 Å². The largest absolute Gasteiger partial charge is 0.478 e. The molecule has 0 atom stereocenters. The van der Waals surface area contributed by atoms with Crippen molar-refractivity contribution in [2.45, 2.75) is 39.7 Å². The molecule has 0 amide bonds.